The molecule has 0 saturated heterocycles. The maximum atomic E-state index is 13.7. The Balaban J connectivity index is 2.17. The number of aryl methyl sites for hydroxylation is 1. The Morgan fingerprint density at radius 3 is 2.75 bits per heavy atom. The number of halogens is 1. The molecule has 0 radical (unpaired) electrons. The van der Waals surface area contributed by atoms with Gasteiger partial charge >= 0.3 is 0 Å². The fourth-order valence-electron chi connectivity index (χ4n) is 2.07. The van der Waals surface area contributed by atoms with Crippen LogP contribution in [-0.2, 0) is 19.5 Å². The van der Waals surface area contributed by atoms with E-state index in [0.717, 1.165) is 28.5 Å². The lowest BCUT2D eigenvalue weighted by atomic mass is 10.2. The van der Waals surface area contributed by atoms with Gasteiger partial charge in [-0.2, -0.15) is 0 Å². The van der Waals surface area contributed by atoms with Crippen LogP contribution in [0.4, 0.5) is 9.52 Å². The predicted octanol–water partition coefficient (Wildman–Crippen LogP) is 3.33. The van der Waals surface area contributed by atoms with E-state index in [4.69, 9.17) is 5.73 Å². The van der Waals surface area contributed by atoms with Gasteiger partial charge in [-0.05, 0) is 12.5 Å². The molecule has 2 N–H and O–H groups in total. The molecule has 0 saturated carbocycles. The first kappa shape index (κ1) is 14.9. The molecule has 0 aliphatic rings. The van der Waals surface area contributed by atoms with Crippen molar-refractivity contribution < 1.29 is 4.39 Å². The lowest BCUT2D eigenvalue weighted by Gasteiger charge is -2.16. The highest BCUT2D eigenvalue weighted by Gasteiger charge is 2.13. The summed E-state index contributed by atoms with van der Waals surface area (Å²) < 4.78 is 13.7. The van der Waals surface area contributed by atoms with E-state index in [1.165, 1.54) is 6.07 Å². The standard InChI is InChI=1S/C15H20FN3S/c1-3-6-13-14(9-17)20-15(18-13)19(2)10-11-7-4-5-8-12(11)16/h4-5,7-8H,3,6,9-10,17H2,1-2H3. The molecule has 0 aliphatic heterocycles. The molecule has 5 heteroatoms. The molecule has 0 amide bonds. The van der Waals surface area contributed by atoms with Crippen LogP contribution in [0.3, 0.4) is 0 Å². The molecule has 108 valence electrons. The molecule has 2 aromatic rings. The Kier molecular flexibility index (Phi) is 5.09. The fraction of sp³-hybridized carbons (Fsp3) is 0.400. The average molecular weight is 293 g/mol. The summed E-state index contributed by atoms with van der Waals surface area (Å²) in [4.78, 5) is 7.74. The van der Waals surface area contributed by atoms with Crippen molar-refractivity contribution in [3.8, 4) is 0 Å². The molecule has 0 atom stereocenters. The van der Waals surface area contributed by atoms with Crippen LogP contribution < -0.4 is 10.6 Å². The van der Waals surface area contributed by atoms with E-state index < -0.39 is 0 Å². The van der Waals surface area contributed by atoms with Crippen LogP contribution >= 0.6 is 11.3 Å². The predicted molar refractivity (Wildman–Crippen MR) is 82.5 cm³/mol. The van der Waals surface area contributed by atoms with Crippen LogP contribution in [0.1, 0.15) is 29.5 Å². The van der Waals surface area contributed by atoms with Gasteiger partial charge in [0.1, 0.15) is 5.82 Å². The Morgan fingerprint density at radius 2 is 2.10 bits per heavy atom. The van der Waals surface area contributed by atoms with Crippen molar-refractivity contribution in [1.82, 2.24) is 4.98 Å². The average Bonchev–Trinajstić information content (AvgIpc) is 2.85. The minimum atomic E-state index is -0.177. The number of benzene rings is 1. The minimum absolute atomic E-state index is 0.177. The van der Waals surface area contributed by atoms with Crippen LogP contribution in [0.5, 0.6) is 0 Å². The molecule has 0 unspecified atom stereocenters. The van der Waals surface area contributed by atoms with E-state index in [1.807, 2.05) is 18.0 Å². The van der Waals surface area contributed by atoms with E-state index in [2.05, 4.69) is 11.9 Å². The maximum Gasteiger partial charge on any atom is 0.185 e. The quantitative estimate of drug-likeness (QED) is 0.888. The van der Waals surface area contributed by atoms with E-state index in [-0.39, 0.29) is 5.82 Å². The molecule has 0 fully saturated rings. The van der Waals surface area contributed by atoms with Gasteiger partial charge in [-0.3, -0.25) is 0 Å². The number of thiazole rings is 1. The van der Waals surface area contributed by atoms with Gasteiger partial charge in [0.25, 0.3) is 0 Å². The second-order valence-electron chi connectivity index (χ2n) is 4.77. The number of hydrogen-bond donors (Lipinski definition) is 1. The second-order valence-corrected chi connectivity index (χ2v) is 5.83. The molecule has 0 bridgehead atoms. The second kappa shape index (κ2) is 6.81. The Labute approximate surface area is 123 Å². The van der Waals surface area contributed by atoms with E-state index in [0.29, 0.717) is 18.7 Å². The van der Waals surface area contributed by atoms with Gasteiger partial charge in [-0.1, -0.05) is 31.5 Å². The van der Waals surface area contributed by atoms with E-state index in [9.17, 15) is 4.39 Å². The van der Waals surface area contributed by atoms with Gasteiger partial charge in [0.05, 0.1) is 5.69 Å². The zero-order valence-electron chi connectivity index (χ0n) is 11.9. The molecule has 0 spiro atoms. The van der Waals surface area contributed by atoms with Crippen molar-refractivity contribution in [2.45, 2.75) is 32.9 Å². The molecule has 1 heterocycles. The molecule has 1 aromatic heterocycles. The van der Waals surface area contributed by atoms with Crippen molar-refractivity contribution in [3.63, 3.8) is 0 Å². The van der Waals surface area contributed by atoms with Crippen LogP contribution in [0.2, 0.25) is 0 Å². The largest absolute Gasteiger partial charge is 0.347 e. The molecular weight excluding hydrogens is 273 g/mol. The topological polar surface area (TPSA) is 42.2 Å². The SMILES string of the molecule is CCCc1nc(N(C)Cc2ccccc2F)sc1CN. The Morgan fingerprint density at radius 1 is 1.35 bits per heavy atom. The molecular formula is C15H20FN3S. The van der Waals surface area contributed by atoms with E-state index >= 15 is 0 Å². The first-order chi connectivity index (χ1) is 9.65. The summed E-state index contributed by atoms with van der Waals surface area (Å²) in [5.41, 5.74) is 7.52. The third-order valence-corrected chi connectivity index (χ3v) is 4.37. The number of nitrogens with two attached hydrogens (primary N) is 1. The maximum absolute atomic E-state index is 13.7. The van der Waals surface area contributed by atoms with Crippen molar-refractivity contribution in [1.29, 1.82) is 0 Å². The molecule has 3 nitrogen and oxygen atoms in total. The summed E-state index contributed by atoms with van der Waals surface area (Å²) in [5, 5.41) is 0.900. The lowest BCUT2D eigenvalue weighted by Crippen LogP contribution is -2.17. The monoisotopic (exact) mass is 293 g/mol. The van der Waals surface area contributed by atoms with E-state index in [1.54, 1.807) is 23.5 Å². The number of rotatable bonds is 6. The van der Waals surface area contributed by atoms with Gasteiger partial charge < -0.3 is 10.6 Å². The summed E-state index contributed by atoms with van der Waals surface area (Å²) in [7, 11) is 1.93. The summed E-state index contributed by atoms with van der Waals surface area (Å²) in [6.07, 6.45) is 1.99. The number of nitrogens with zero attached hydrogens (tertiary/aromatic N) is 2. The smallest absolute Gasteiger partial charge is 0.185 e. The number of aromatic nitrogens is 1. The lowest BCUT2D eigenvalue weighted by molar-refractivity contribution is 0.608. The van der Waals surface area contributed by atoms with Crippen LogP contribution in [0, 0.1) is 5.82 Å². The van der Waals surface area contributed by atoms with Gasteiger partial charge in [0.15, 0.2) is 5.13 Å². The highest BCUT2D eigenvalue weighted by molar-refractivity contribution is 7.15. The fourth-order valence-corrected chi connectivity index (χ4v) is 3.02. The molecule has 0 aliphatic carbocycles. The minimum Gasteiger partial charge on any atom is -0.347 e. The normalized spacial score (nSPS) is 10.8. The van der Waals surface area contributed by atoms with Crippen LogP contribution in [0.15, 0.2) is 24.3 Å². The van der Waals surface area contributed by atoms with Gasteiger partial charge in [-0.15, -0.1) is 11.3 Å². The summed E-state index contributed by atoms with van der Waals surface area (Å²) in [5.74, 6) is -0.177. The molecule has 1 aromatic carbocycles. The first-order valence-corrected chi connectivity index (χ1v) is 7.60. The molecule has 20 heavy (non-hydrogen) atoms. The van der Waals surface area contributed by atoms with Crippen molar-refractivity contribution in [2.24, 2.45) is 5.73 Å². The van der Waals surface area contributed by atoms with Gasteiger partial charge in [-0.25, -0.2) is 9.37 Å². The third-order valence-electron chi connectivity index (χ3n) is 3.13. The van der Waals surface area contributed by atoms with Crippen molar-refractivity contribution in [3.05, 3.63) is 46.2 Å². The highest BCUT2D eigenvalue weighted by atomic mass is 32.1. The van der Waals surface area contributed by atoms with Gasteiger partial charge in [0, 0.05) is 30.6 Å². The van der Waals surface area contributed by atoms with Crippen LogP contribution in [0.25, 0.3) is 0 Å². The van der Waals surface area contributed by atoms with Crippen LogP contribution in [-0.4, -0.2) is 12.0 Å². The number of hydrogen-bond acceptors (Lipinski definition) is 4. The zero-order valence-corrected chi connectivity index (χ0v) is 12.7. The zero-order chi connectivity index (χ0) is 14.5. The van der Waals surface area contributed by atoms with Crippen molar-refractivity contribution in [2.75, 3.05) is 11.9 Å². The summed E-state index contributed by atoms with van der Waals surface area (Å²) >= 11 is 1.60. The third kappa shape index (κ3) is 3.35. The molecule has 2 rings (SSSR count). The number of anilines is 1. The Hall–Kier alpha value is -1.46. The van der Waals surface area contributed by atoms with Crippen molar-refractivity contribution >= 4 is 16.5 Å². The summed E-state index contributed by atoms with van der Waals surface area (Å²) in [6, 6.07) is 6.84. The Bertz CT molecular complexity index is 568. The summed E-state index contributed by atoms with van der Waals surface area (Å²) in [6.45, 7) is 3.15. The highest BCUT2D eigenvalue weighted by Crippen LogP contribution is 2.27. The first-order valence-electron chi connectivity index (χ1n) is 6.78. The van der Waals surface area contributed by atoms with Gasteiger partial charge in [0.2, 0.25) is 0 Å².